The molecule has 0 saturated heterocycles. The maximum absolute atomic E-state index is 9.62. The number of hydrogen-bond acceptors (Lipinski definition) is 2. The Morgan fingerprint density at radius 1 is 1.33 bits per heavy atom. The quantitative estimate of drug-likeness (QED) is 0.668. The Labute approximate surface area is 75.6 Å². The van der Waals surface area contributed by atoms with Crippen LogP contribution in [0.3, 0.4) is 0 Å². The van der Waals surface area contributed by atoms with Crippen molar-refractivity contribution in [2.75, 3.05) is 0 Å². The SMILES string of the molecule is CCCCC(O)C(C)C(C)(C)O. The molecule has 0 spiro atoms. The van der Waals surface area contributed by atoms with Gasteiger partial charge in [0.2, 0.25) is 0 Å². The highest BCUT2D eigenvalue weighted by Gasteiger charge is 2.28. The van der Waals surface area contributed by atoms with Gasteiger partial charge in [-0.2, -0.15) is 0 Å². The minimum absolute atomic E-state index is 0.0518. The van der Waals surface area contributed by atoms with Gasteiger partial charge in [-0.05, 0) is 20.3 Å². The molecule has 2 atom stereocenters. The van der Waals surface area contributed by atoms with Crippen molar-refractivity contribution < 1.29 is 10.2 Å². The zero-order chi connectivity index (χ0) is 9.78. The minimum Gasteiger partial charge on any atom is -0.393 e. The molecule has 0 aromatic heterocycles. The first-order valence-electron chi connectivity index (χ1n) is 4.80. The molecule has 0 fully saturated rings. The molecule has 2 heteroatoms. The number of aliphatic hydroxyl groups excluding tert-OH is 1. The molecular formula is C10H22O2. The van der Waals surface area contributed by atoms with Gasteiger partial charge in [0.15, 0.2) is 0 Å². The van der Waals surface area contributed by atoms with Crippen LogP contribution in [-0.2, 0) is 0 Å². The third kappa shape index (κ3) is 4.07. The van der Waals surface area contributed by atoms with E-state index in [1.165, 1.54) is 0 Å². The molecule has 0 rings (SSSR count). The average Bonchev–Trinajstić information content (AvgIpc) is 1.97. The van der Waals surface area contributed by atoms with E-state index >= 15 is 0 Å². The van der Waals surface area contributed by atoms with Crippen molar-refractivity contribution in [1.29, 1.82) is 0 Å². The lowest BCUT2D eigenvalue weighted by Crippen LogP contribution is -2.37. The summed E-state index contributed by atoms with van der Waals surface area (Å²) in [5.74, 6) is -0.0518. The van der Waals surface area contributed by atoms with Crippen LogP contribution in [0.4, 0.5) is 0 Å². The van der Waals surface area contributed by atoms with E-state index in [4.69, 9.17) is 0 Å². The monoisotopic (exact) mass is 174 g/mol. The van der Waals surface area contributed by atoms with Crippen molar-refractivity contribution in [3.63, 3.8) is 0 Å². The van der Waals surface area contributed by atoms with Crippen LogP contribution in [0.5, 0.6) is 0 Å². The molecule has 0 aromatic rings. The minimum atomic E-state index is -0.771. The molecular weight excluding hydrogens is 152 g/mol. The van der Waals surface area contributed by atoms with Crippen LogP contribution < -0.4 is 0 Å². The Morgan fingerprint density at radius 2 is 1.83 bits per heavy atom. The Kier molecular flexibility index (Phi) is 4.80. The van der Waals surface area contributed by atoms with Gasteiger partial charge in [0.05, 0.1) is 11.7 Å². The van der Waals surface area contributed by atoms with E-state index < -0.39 is 5.60 Å². The smallest absolute Gasteiger partial charge is 0.0641 e. The van der Waals surface area contributed by atoms with Gasteiger partial charge in [-0.25, -0.2) is 0 Å². The van der Waals surface area contributed by atoms with Crippen molar-refractivity contribution in [2.45, 2.75) is 58.7 Å². The van der Waals surface area contributed by atoms with E-state index in [-0.39, 0.29) is 12.0 Å². The predicted octanol–water partition coefficient (Wildman–Crippen LogP) is 1.94. The summed E-state index contributed by atoms with van der Waals surface area (Å²) in [6.07, 6.45) is 2.55. The highest BCUT2D eigenvalue weighted by Crippen LogP contribution is 2.22. The van der Waals surface area contributed by atoms with Gasteiger partial charge < -0.3 is 10.2 Å². The van der Waals surface area contributed by atoms with Gasteiger partial charge in [0.1, 0.15) is 0 Å². The van der Waals surface area contributed by atoms with Crippen molar-refractivity contribution in [3.8, 4) is 0 Å². The molecule has 12 heavy (non-hydrogen) atoms. The van der Waals surface area contributed by atoms with Gasteiger partial charge >= 0.3 is 0 Å². The van der Waals surface area contributed by atoms with Gasteiger partial charge in [-0.1, -0.05) is 26.7 Å². The Hall–Kier alpha value is -0.0800. The van der Waals surface area contributed by atoms with Gasteiger partial charge in [-0.3, -0.25) is 0 Å². The summed E-state index contributed by atoms with van der Waals surface area (Å²) in [5, 5.41) is 19.2. The first-order valence-corrected chi connectivity index (χ1v) is 4.80. The summed E-state index contributed by atoms with van der Waals surface area (Å²) in [7, 11) is 0. The maximum Gasteiger partial charge on any atom is 0.0641 e. The molecule has 0 amide bonds. The molecule has 0 radical (unpaired) electrons. The van der Waals surface area contributed by atoms with Crippen LogP contribution in [0, 0.1) is 5.92 Å². The second-order valence-electron chi connectivity index (χ2n) is 4.15. The fourth-order valence-electron chi connectivity index (χ4n) is 1.13. The summed E-state index contributed by atoms with van der Waals surface area (Å²) in [5.41, 5.74) is -0.771. The average molecular weight is 174 g/mol. The normalized spacial score (nSPS) is 17.5. The zero-order valence-electron chi connectivity index (χ0n) is 8.67. The Morgan fingerprint density at radius 3 is 2.17 bits per heavy atom. The lowest BCUT2D eigenvalue weighted by atomic mass is 9.86. The zero-order valence-corrected chi connectivity index (χ0v) is 8.67. The highest BCUT2D eigenvalue weighted by atomic mass is 16.3. The summed E-state index contributed by atoms with van der Waals surface area (Å²) >= 11 is 0. The molecule has 2 unspecified atom stereocenters. The second-order valence-corrected chi connectivity index (χ2v) is 4.15. The summed E-state index contributed by atoms with van der Waals surface area (Å²) in [6.45, 7) is 7.47. The molecule has 0 aliphatic carbocycles. The molecule has 0 saturated carbocycles. The molecule has 0 heterocycles. The fourth-order valence-corrected chi connectivity index (χ4v) is 1.13. The highest BCUT2D eigenvalue weighted by molar-refractivity contribution is 4.79. The van der Waals surface area contributed by atoms with Crippen molar-refractivity contribution in [1.82, 2.24) is 0 Å². The second kappa shape index (κ2) is 4.83. The lowest BCUT2D eigenvalue weighted by molar-refractivity contribution is -0.0407. The Balaban J connectivity index is 3.84. The maximum atomic E-state index is 9.62. The van der Waals surface area contributed by atoms with Crippen LogP contribution in [0.2, 0.25) is 0 Å². The number of hydrogen-bond donors (Lipinski definition) is 2. The molecule has 0 aliphatic rings. The van der Waals surface area contributed by atoms with E-state index in [1.54, 1.807) is 13.8 Å². The Bertz CT molecular complexity index is 115. The van der Waals surface area contributed by atoms with E-state index in [0.717, 1.165) is 19.3 Å². The van der Waals surface area contributed by atoms with Crippen LogP contribution in [0.15, 0.2) is 0 Å². The third-order valence-corrected chi connectivity index (χ3v) is 2.54. The summed E-state index contributed by atoms with van der Waals surface area (Å²) in [6, 6.07) is 0. The van der Waals surface area contributed by atoms with Crippen molar-refractivity contribution >= 4 is 0 Å². The van der Waals surface area contributed by atoms with Crippen molar-refractivity contribution in [3.05, 3.63) is 0 Å². The topological polar surface area (TPSA) is 40.5 Å². The number of unbranched alkanes of at least 4 members (excludes halogenated alkanes) is 1. The van der Waals surface area contributed by atoms with Crippen LogP contribution in [0.25, 0.3) is 0 Å². The summed E-state index contributed by atoms with van der Waals surface area (Å²) in [4.78, 5) is 0. The molecule has 2 nitrogen and oxygen atoms in total. The van der Waals surface area contributed by atoms with Crippen LogP contribution in [-0.4, -0.2) is 21.9 Å². The standard InChI is InChI=1S/C10H22O2/c1-5-6-7-9(11)8(2)10(3,4)12/h8-9,11-12H,5-7H2,1-4H3. The van der Waals surface area contributed by atoms with E-state index in [9.17, 15) is 10.2 Å². The number of aliphatic hydroxyl groups is 2. The summed E-state index contributed by atoms with van der Waals surface area (Å²) < 4.78 is 0. The lowest BCUT2D eigenvalue weighted by Gasteiger charge is -2.30. The van der Waals surface area contributed by atoms with Gasteiger partial charge in [0, 0.05) is 5.92 Å². The van der Waals surface area contributed by atoms with Gasteiger partial charge in [0.25, 0.3) is 0 Å². The van der Waals surface area contributed by atoms with E-state index in [0.29, 0.717) is 0 Å². The molecule has 0 bridgehead atoms. The van der Waals surface area contributed by atoms with Gasteiger partial charge in [-0.15, -0.1) is 0 Å². The molecule has 0 aliphatic heterocycles. The fraction of sp³-hybridized carbons (Fsp3) is 1.00. The largest absolute Gasteiger partial charge is 0.393 e. The predicted molar refractivity (Wildman–Crippen MR) is 51.0 cm³/mol. The molecule has 0 aromatic carbocycles. The van der Waals surface area contributed by atoms with E-state index in [1.807, 2.05) is 6.92 Å². The third-order valence-electron chi connectivity index (χ3n) is 2.54. The molecule has 2 N–H and O–H groups in total. The first kappa shape index (κ1) is 11.9. The van der Waals surface area contributed by atoms with E-state index in [2.05, 4.69) is 6.92 Å². The van der Waals surface area contributed by atoms with Crippen LogP contribution in [0.1, 0.15) is 47.0 Å². The first-order chi connectivity index (χ1) is 5.39. The number of rotatable bonds is 5. The van der Waals surface area contributed by atoms with Crippen molar-refractivity contribution in [2.24, 2.45) is 5.92 Å². The molecule has 74 valence electrons. The van der Waals surface area contributed by atoms with Crippen LogP contribution >= 0.6 is 0 Å².